The zero-order valence-electron chi connectivity index (χ0n) is 41.2. The summed E-state index contributed by atoms with van der Waals surface area (Å²) in [5.41, 5.74) is 24.1. The maximum absolute atomic E-state index is 2.70. The molecule has 0 atom stereocenters. The Morgan fingerprint density at radius 3 is 1.39 bits per heavy atom. The van der Waals surface area contributed by atoms with E-state index in [0.29, 0.717) is 0 Å². The van der Waals surface area contributed by atoms with Gasteiger partial charge in [0.05, 0.1) is 16.8 Å². The van der Waals surface area contributed by atoms with Crippen LogP contribution in [0.5, 0.6) is 0 Å². The third kappa shape index (κ3) is 5.59. The highest BCUT2D eigenvalue weighted by molar-refractivity contribution is 6.26. The number of fused-ring (bicyclic) bond motifs is 21. The molecule has 0 saturated heterocycles. The monoisotopic (exact) mass is 941 g/mol. The molecule has 0 unspecified atom stereocenters. The summed E-state index contributed by atoms with van der Waals surface area (Å²) >= 11 is 0. The summed E-state index contributed by atoms with van der Waals surface area (Å²) in [6.07, 6.45) is 6.11. The Morgan fingerprint density at radius 1 is 0.270 bits per heavy atom. The molecule has 0 radical (unpaired) electrons. The van der Waals surface area contributed by atoms with Gasteiger partial charge in [0.2, 0.25) is 0 Å². The molecule has 0 aromatic heterocycles. The second kappa shape index (κ2) is 15.9. The van der Waals surface area contributed by atoms with Crippen molar-refractivity contribution in [2.24, 2.45) is 0 Å². The Labute approximate surface area is 432 Å². The topological polar surface area (TPSA) is 3.24 Å². The van der Waals surface area contributed by atoms with Crippen molar-refractivity contribution in [3.8, 4) is 55.6 Å². The normalized spacial score (nSPS) is 15.0. The molecular formula is C73H51N. The van der Waals surface area contributed by atoms with Gasteiger partial charge in [-0.05, 0) is 153 Å². The third-order valence-corrected chi connectivity index (χ3v) is 17.9. The first-order chi connectivity index (χ1) is 36.7. The first-order valence-electron chi connectivity index (χ1n) is 26.7. The minimum atomic E-state index is -0.535. The van der Waals surface area contributed by atoms with Gasteiger partial charge in [-0.2, -0.15) is 0 Å². The predicted molar refractivity (Wildman–Crippen MR) is 310 cm³/mol. The molecular weight excluding hydrogens is 891 g/mol. The summed E-state index contributed by atoms with van der Waals surface area (Å²) < 4.78 is 0. The molecule has 1 fully saturated rings. The Balaban J connectivity index is 1.08. The predicted octanol–water partition coefficient (Wildman–Crippen LogP) is 19.5. The lowest BCUT2D eigenvalue weighted by Crippen LogP contribution is -2.28. The Morgan fingerprint density at radius 2 is 0.757 bits per heavy atom. The lowest BCUT2D eigenvalue weighted by atomic mass is 9.68. The zero-order valence-corrected chi connectivity index (χ0v) is 41.2. The number of nitrogens with zero attached hydrogens (tertiary/aromatic N) is 1. The van der Waals surface area contributed by atoms with Gasteiger partial charge in [0.25, 0.3) is 0 Å². The first-order valence-corrected chi connectivity index (χ1v) is 26.7. The molecule has 348 valence electrons. The van der Waals surface area contributed by atoms with Crippen LogP contribution in [0.1, 0.15) is 65.5 Å². The highest BCUT2D eigenvalue weighted by atomic mass is 15.1. The van der Waals surface area contributed by atoms with E-state index in [2.05, 4.69) is 254 Å². The molecule has 0 heterocycles. The van der Waals surface area contributed by atoms with Gasteiger partial charge in [0.15, 0.2) is 0 Å². The van der Waals surface area contributed by atoms with E-state index < -0.39 is 5.41 Å². The van der Waals surface area contributed by atoms with Gasteiger partial charge in [-0.1, -0.05) is 238 Å². The molecule has 0 N–H and O–H groups in total. The molecule has 0 amide bonds. The maximum Gasteiger partial charge on any atom is 0.0726 e. The molecule has 1 nitrogen and oxygen atoms in total. The van der Waals surface area contributed by atoms with Crippen LogP contribution in [0, 0.1) is 0 Å². The fourth-order valence-corrected chi connectivity index (χ4v) is 14.9. The maximum atomic E-state index is 2.70. The van der Waals surface area contributed by atoms with Gasteiger partial charge in [-0.15, -0.1) is 0 Å². The van der Waals surface area contributed by atoms with Crippen molar-refractivity contribution in [1.29, 1.82) is 0 Å². The largest absolute Gasteiger partial charge is 0.309 e. The zero-order chi connectivity index (χ0) is 48.5. The van der Waals surface area contributed by atoms with E-state index in [0.717, 1.165) is 5.69 Å². The minimum absolute atomic E-state index is 0.0198. The van der Waals surface area contributed by atoms with Crippen molar-refractivity contribution >= 4 is 49.4 Å². The van der Waals surface area contributed by atoms with Gasteiger partial charge in [0, 0.05) is 22.2 Å². The van der Waals surface area contributed by atoms with Crippen molar-refractivity contribution < 1.29 is 0 Å². The van der Waals surface area contributed by atoms with Gasteiger partial charge >= 0.3 is 0 Å². The van der Waals surface area contributed by atoms with Crippen molar-refractivity contribution in [3.63, 3.8) is 0 Å². The summed E-state index contributed by atoms with van der Waals surface area (Å²) in [7, 11) is 0. The number of rotatable bonds is 5. The minimum Gasteiger partial charge on any atom is -0.309 e. The molecule has 0 aliphatic heterocycles. The van der Waals surface area contributed by atoms with E-state index in [1.54, 1.807) is 0 Å². The van der Waals surface area contributed by atoms with E-state index in [1.807, 2.05) is 0 Å². The molecule has 16 rings (SSSR count). The fraction of sp³-hybridized carbons (Fsp3) is 0.0959. The highest BCUT2D eigenvalue weighted by Crippen LogP contribution is 2.66. The smallest absolute Gasteiger partial charge is 0.0726 e. The Kier molecular flexibility index (Phi) is 8.96. The molecule has 0 bridgehead atoms. The first kappa shape index (κ1) is 41.8. The molecule has 12 aromatic carbocycles. The number of benzene rings is 12. The van der Waals surface area contributed by atoms with E-state index in [4.69, 9.17) is 0 Å². The van der Waals surface area contributed by atoms with Crippen LogP contribution in [-0.2, 0) is 10.8 Å². The van der Waals surface area contributed by atoms with Crippen molar-refractivity contribution in [3.05, 3.63) is 282 Å². The average Bonchev–Trinajstić information content (AvgIpc) is 4.07. The second-order valence-electron chi connectivity index (χ2n) is 21.3. The summed E-state index contributed by atoms with van der Waals surface area (Å²) in [6.45, 7) is 0. The van der Waals surface area contributed by atoms with Crippen LogP contribution in [0.3, 0.4) is 0 Å². The van der Waals surface area contributed by atoms with Gasteiger partial charge < -0.3 is 4.90 Å². The summed E-state index contributed by atoms with van der Waals surface area (Å²) in [6, 6.07) is 95.1. The summed E-state index contributed by atoms with van der Waals surface area (Å²) in [4.78, 5) is 2.70. The number of hydrogen-bond acceptors (Lipinski definition) is 1. The van der Waals surface area contributed by atoms with Crippen molar-refractivity contribution in [2.75, 3.05) is 4.90 Å². The standard InChI is InChI=1S/C73H51N/c1-3-22-47(23-4-1)49-24-5-6-25-50(49)62-45-61-58-32-13-18-37-66(58)73(64-35-16-11-30-56(64)57-31-12-17-36-65(57)73)68(61)46-70(62)74(48-40-41-55-53-28-8-7-26-51(53)52-27-9-10-29-54(52)60(55)44-48)69-39-21-38-67-71(69)59-33-14-15-34-63(59)72(67)42-19-2-20-43-72/h1,3-18,21-41,44-46H,2,19-20,42-43H2. The second-order valence-corrected chi connectivity index (χ2v) is 21.3. The van der Waals surface area contributed by atoms with Crippen LogP contribution in [0.25, 0.3) is 88.0 Å². The Hall–Kier alpha value is -8.78. The quantitative estimate of drug-likeness (QED) is 0.155. The Bertz CT molecular complexity index is 4220. The van der Waals surface area contributed by atoms with Gasteiger partial charge in [-0.3, -0.25) is 0 Å². The van der Waals surface area contributed by atoms with E-state index in [1.165, 1.54) is 165 Å². The number of anilines is 3. The lowest BCUT2D eigenvalue weighted by molar-refractivity contribution is 0.353. The molecule has 4 aliphatic carbocycles. The van der Waals surface area contributed by atoms with Gasteiger partial charge in [-0.25, -0.2) is 0 Å². The average molecular weight is 942 g/mol. The van der Waals surface area contributed by atoms with E-state index in [9.17, 15) is 0 Å². The third-order valence-electron chi connectivity index (χ3n) is 17.9. The van der Waals surface area contributed by atoms with Crippen LogP contribution in [0.15, 0.2) is 249 Å². The lowest BCUT2D eigenvalue weighted by Gasteiger charge is -2.37. The number of hydrogen-bond donors (Lipinski definition) is 0. The molecule has 1 saturated carbocycles. The SMILES string of the molecule is c1ccc(-c2ccccc2-c2cc3c(cc2N(c2ccc4c5ccccc5c5ccccc5c4c2)c2cccc4c2-c2ccccc2C42CCCCC2)C2(c4ccccc4-c4ccccc42)c2ccccc2-3)cc1. The molecule has 1 heteroatoms. The van der Waals surface area contributed by atoms with Gasteiger partial charge in [0.1, 0.15) is 0 Å². The highest BCUT2D eigenvalue weighted by Gasteiger charge is 2.52. The molecule has 74 heavy (non-hydrogen) atoms. The summed E-state index contributed by atoms with van der Waals surface area (Å²) in [5, 5.41) is 7.64. The fourth-order valence-electron chi connectivity index (χ4n) is 14.9. The molecule has 2 spiro atoms. The van der Waals surface area contributed by atoms with Crippen LogP contribution >= 0.6 is 0 Å². The van der Waals surface area contributed by atoms with E-state index in [-0.39, 0.29) is 5.41 Å². The van der Waals surface area contributed by atoms with Crippen molar-refractivity contribution in [2.45, 2.75) is 42.9 Å². The van der Waals surface area contributed by atoms with E-state index >= 15 is 0 Å². The van der Waals surface area contributed by atoms with Crippen LogP contribution < -0.4 is 4.90 Å². The van der Waals surface area contributed by atoms with Crippen molar-refractivity contribution in [1.82, 2.24) is 0 Å². The summed E-state index contributed by atoms with van der Waals surface area (Å²) in [5.74, 6) is 0. The molecule has 12 aromatic rings. The van der Waals surface area contributed by atoms with Crippen LogP contribution in [-0.4, -0.2) is 0 Å². The van der Waals surface area contributed by atoms with Crippen LogP contribution in [0.2, 0.25) is 0 Å². The molecule has 4 aliphatic rings. The van der Waals surface area contributed by atoms with Crippen LogP contribution in [0.4, 0.5) is 17.1 Å².